The van der Waals surface area contributed by atoms with Gasteiger partial charge in [-0.1, -0.05) is 6.07 Å². The maximum atomic E-state index is 12.2. The standard InChI is InChI=1S/C17H17N3O4S2/c1-9-4-11(3)13(5-10(9)2)14-8-25-17(19-14)20-16(21)12-6-15(24-7-12)26(18,22)23/h4-8H,1-3H3,(H2,18,22,23)(H,19,20,21). The number of rotatable bonds is 4. The first kappa shape index (κ1) is 18.3. The number of carbonyl (C=O) groups is 1. The summed E-state index contributed by atoms with van der Waals surface area (Å²) in [5, 5.41) is 9.39. The molecule has 0 spiro atoms. The Balaban J connectivity index is 1.82. The van der Waals surface area contributed by atoms with Crippen molar-refractivity contribution in [2.45, 2.75) is 25.9 Å². The molecule has 0 unspecified atom stereocenters. The fraction of sp³-hybridized carbons (Fsp3) is 0.176. The molecule has 2 heterocycles. The number of aromatic nitrogens is 1. The van der Waals surface area contributed by atoms with Gasteiger partial charge in [0.2, 0.25) is 5.09 Å². The number of anilines is 1. The van der Waals surface area contributed by atoms with Gasteiger partial charge < -0.3 is 4.42 Å². The molecule has 0 saturated heterocycles. The summed E-state index contributed by atoms with van der Waals surface area (Å²) >= 11 is 1.28. The summed E-state index contributed by atoms with van der Waals surface area (Å²) < 4.78 is 27.2. The van der Waals surface area contributed by atoms with Gasteiger partial charge in [-0.3, -0.25) is 10.1 Å². The van der Waals surface area contributed by atoms with Crippen LogP contribution >= 0.6 is 11.3 Å². The minimum absolute atomic E-state index is 0.0492. The quantitative estimate of drug-likeness (QED) is 0.708. The van der Waals surface area contributed by atoms with Crippen molar-refractivity contribution >= 4 is 32.4 Å². The zero-order chi connectivity index (χ0) is 19.1. The van der Waals surface area contributed by atoms with Crippen LogP contribution in [0.2, 0.25) is 0 Å². The van der Waals surface area contributed by atoms with E-state index in [1.165, 1.54) is 16.9 Å². The van der Waals surface area contributed by atoms with E-state index in [1.807, 2.05) is 19.2 Å². The van der Waals surface area contributed by atoms with Crippen LogP contribution in [-0.4, -0.2) is 19.3 Å². The van der Waals surface area contributed by atoms with E-state index in [-0.39, 0.29) is 5.56 Å². The largest absolute Gasteiger partial charge is 0.451 e. The number of aryl methyl sites for hydroxylation is 3. The van der Waals surface area contributed by atoms with E-state index < -0.39 is 21.0 Å². The van der Waals surface area contributed by atoms with Crippen LogP contribution in [-0.2, 0) is 10.0 Å². The molecule has 0 aliphatic carbocycles. The minimum atomic E-state index is -3.99. The molecular weight excluding hydrogens is 374 g/mol. The maximum Gasteiger partial charge on any atom is 0.271 e. The Bertz CT molecular complexity index is 1100. The van der Waals surface area contributed by atoms with Gasteiger partial charge in [-0.05, 0) is 43.5 Å². The number of nitrogens with two attached hydrogens (primary N) is 1. The zero-order valence-electron chi connectivity index (χ0n) is 14.4. The molecule has 3 N–H and O–H groups in total. The Morgan fingerprint density at radius 3 is 2.50 bits per heavy atom. The van der Waals surface area contributed by atoms with Crippen molar-refractivity contribution in [2.24, 2.45) is 5.14 Å². The molecule has 9 heteroatoms. The zero-order valence-corrected chi connectivity index (χ0v) is 16.0. The van der Waals surface area contributed by atoms with Crippen LogP contribution in [0.4, 0.5) is 5.13 Å². The second-order valence-electron chi connectivity index (χ2n) is 5.94. The van der Waals surface area contributed by atoms with Crippen LogP contribution in [0.1, 0.15) is 27.0 Å². The van der Waals surface area contributed by atoms with Crippen molar-refractivity contribution in [3.05, 3.63) is 52.1 Å². The Labute approximate surface area is 154 Å². The summed E-state index contributed by atoms with van der Waals surface area (Å²) in [6.07, 6.45) is 1.04. The Kier molecular flexibility index (Phi) is 4.70. The second-order valence-corrected chi connectivity index (χ2v) is 8.29. The average molecular weight is 391 g/mol. The summed E-state index contributed by atoms with van der Waals surface area (Å²) in [5.41, 5.74) is 5.30. The minimum Gasteiger partial charge on any atom is -0.451 e. The second kappa shape index (κ2) is 6.67. The van der Waals surface area contributed by atoms with E-state index in [2.05, 4.69) is 29.4 Å². The molecule has 3 aromatic rings. The van der Waals surface area contributed by atoms with Gasteiger partial charge in [-0.15, -0.1) is 11.3 Å². The van der Waals surface area contributed by atoms with Gasteiger partial charge in [0.25, 0.3) is 15.9 Å². The summed E-state index contributed by atoms with van der Waals surface area (Å²) in [4.78, 5) is 16.7. The van der Waals surface area contributed by atoms with Gasteiger partial charge >= 0.3 is 0 Å². The molecule has 0 atom stereocenters. The molecule has 0 aliphatic heterocycles. The number of hydrogen-bond donors (Lipinski definition) is 2. The molecule has 0 bridgehead atoms. The fourth-order valence-corrected chi connectivity index (χ4v) is 3.62. The van der Waals surface area contributed by atoms with Crippen LogP contribution < -0.4 is 10.5 Å². The number of carbonyl (C=O) groups excluding carboxylic acids is 1. The van der Waals surface area contributed by atoms with Crippen LogP contribution in [0.3, 0.4) is 0 Å². The third kappa shape index (κ3) is 3.69. The van der Waals surface area contributed by atoms with E-state index in [0.29, 0.717) is 5.13 Å². The highest BCUT2D eigenvalue weighted by molar-refractivity contribution is 7.89. The highest BCUT2D eigenvalue weighted by atomic mass is 32.2. The number of hydrogen-bond acceptors (Lipinski definition) is 6. The summed E-state index contributed by atoms with van der Waals surface area (Å²) in [5.74, 6) is -0.527. The Morgan fingerprint density at radius 1 is 1.15 bits per heavy atom. The lowest BCUT2D eigenvalue weighted by Crippen LogP contribution is -2.12. The molecule has 136 valence electrons. The Hall–Kier alpha value is -2.49. The lowest BCUT2D eigenvalue weighted by atomic mass is 9.99. The molecule has 1 aromatic carbocycles. The van der Waals surface area contributed by atoms with E-state index in [1.54, 1.807) is 0 Å². The van der Waals surface area contributed by atoms with Crippen molar-refractivity contribution in [3.8, 4) is 11.3 Å². The van der Waals surface area contributed by atoms with Gasteiger partial charge in [0.05, 0.1) is 11.3 Å². The van der Waals surface area contributed by atoms with Gasteiger partial charge in [-0.25, -0.2) is 18.5 Å². The van der Waals surface area contributed by atoms with Crippen LogP contribution in [0, 0.1) is 20.8 Å². The highest BCUT2D eigenvalue weighted by Gasteiger charge is 2.18. The van der Waals surface area contributed by atoms with Gasteiger partial charge in [0.1, 0.15) is 6.26 Å². The van der Waals surface area contributed by atoms with Crippen LogP contribution in [0.25, 0.3) is 11.3 Å². The summed E-state index contributed by atoms with van der Waals surface area (Å²) in [7, 11) is -3.99. The van der Waals surface area contributed by atoms with E-state index in [0.717, 1.165) is 34.7 Å². The number of benzene rings is 1. The SMILES string of the molecule is Cc1cc(C)c(-c2csc(NC(=O)c3coc(S(N)(=O)=O)c3)n2)cc1C. The molecule has 2 aromatic heterocycles. The van der Waals surface area contributed by atoms with Crippen molar-refractivity contribution in [1.82, 2.24) is 4.98 Å². The summed E-state index contributed by atoms with van der Waals surface area (Å²) in [6, 6.07) is 5.25. The fourth-order valence-electron chi connectivity index (χ4n) is 2.45. The maximum absolute atomic E-state index is 12.2. The smallest absolute Gasteiger partial charge is 0.271 e. The molecule has 0 radical (unpaired) electrons. The molecule has 1 amide bonds. The number of nitrogens with zero attached hydrogens (tertiary/aromatic N) is 1. The van der Waals surface area contributed by atoms with E-state index in [4.69, 9.17) is 9.56 Å². The normalized spacial score (nSPS) is 11.5. The first-order chi connectivity index (χ1) is 12.1. The average Bonchev–Trinajstić information content (AvgIpc) is 3.19. The van der Waals surface area contributed by atoms with Gasteiger partial charge in [0, 0.05) is 17.0 Å². The number of thiazole rings is 1. The van der Waals surface area contributed by atoms with Gasteiger partial charge in [0.15, 0.2) is 5.13 Å². The monoisotopic (exact) mass is 391 g/mol. The third-order valence-electron chi connectivity index (χ3n) is 3.96. The lowest BCUT2D eigenvalue weighted by molar-refractivity contribution is 0.102. The van der Waals surface area contributed by atoms with Crippen molar-refractivity contribution in [2.75, 3.05) is 5.32 Å². The van der Waals surface area contributed by atoms with Crippen molar-refractivity contribution < 1.29 is 17.6 Å². The molecule has 26 heavy (non-hydrogen) atoms. The highest BCUT2D eigenvalue weighted by Crippen LogP contribution is 2.29. The molecular formula is C17H17N3O4S2. The van der Waals surface area contributed by atoms with Gasteiger partial charge in [-0.2, -0.15) is 0 Å². The first-order valence-corrected chi connectivity index (χ1v) is 10.0. The van der Waals surface area contributed by atoms with E-state index >= 15 is 0 Å². The first-order valence-electron chi connectivity index (χ1n) is 7.61. The number of primary sulfonamides is 1. The number of amides is 1. The topological polar surface area (TPSA) is 115 Å². The Morgan fingerprint density at radius 2 is 1.85 bits per heavy atom. The molecule has 7 nitrogen and oxygen atoms in total. The molecule has 0 saturated carbocycles. The predicted octanol–water partition coefficient (Wildman–Crippen LogP) is 3.23. The molecule has 3 rings (SSSR count). The number of furan rings is 1. The van der Waals surface area contributed by atoms with Crippen molar-refractivity contribution in [1.29, 1.82) is 0 Å². The molecule has 0 fully saturated rings. The predicted molar refractivity (Wildman–Crippen MR) is 99.8 cm³/mol. The lowest BCUT2D eigenvalue weighted by Gasteiger charge is -2.07. The van der Waals surface area contributed by atoms with Crippen molar-refractivity contribution in [3.63, 3.8) is 0 Å². The molecule has 0 aliphatic rings. The number of nitrogens with one attached hydrogen (secondary N) is 1. The third-order valence-corrected chi connectivity index (χ3v) is 5.49. The van der Waals surface area contributed by atoms with Crippen LogP contribution in [0.15, 0.2) is 39.4 Å². The van der Waals surface area contributed by atoms with Crippen LogP contribution in [0.5, 0.6) is 0 Å². The summed E-state index contributed by atoms with van der Waals surface area (Å²) in [6.45, 7) is 6.11. The number of sulfonamides is 1. The van der Waals surface area contributed by atoms with E-state index in [9.17, 15) is 13.2 Å².